The van der Waals surface area contributed by atoms with Crippen LogP contribution in [0.25, 0.3) is 10.9 Å². The molecule has 0 amide bonds. The molecule has 0 spiro atoms. The van der Waals surface area contributed by atoms with E-state index in [-0.39, 0.29) is 5.41 Å². The van der Waals surface area contributed by atoms with Crippen LogP contribution < -0.4 is 0 Å². The van der Waals surface area contributed by atoms with Crippen molar-refractivity contribution in [2.24, 2.45) is 0 Å². The molecule has 0 aliphatic heterocycles. The molecule has 2 nitrogen and oxygen atoms in total. The molecule has 1 aromatic carbocycles. The Balaban J connectivity index is 2.60. The number of pyridine rings is 1. The number of para-hydroxylation sites is 1. The lowest BCUT2D eigenvalue weighted by Gasteiger charge is -2.25. The van der Waals surface area contributed by atoms with E-state index in [1.165, 1.54) is 10.9 Å². The van der Waals surface area contributed by atoms with Gasteiger partial charge in [0, 0.05) is 24.1 Å². The van der Waals surface area contributed by atoms with Gasteiger partial charge in [0.1, 0.15) is 0 Å². The number of ether oxygens (including phenoxy) is 1. The summed E-state index contributed by atoms with van der Waals surface area (Å²) in [7, 11) is 1.74. The number of hydrogen-bond donors (Lipinski definition) is 0. The second kappa shape index (κ2) is 4.22. The van der Waals surface area contributed by atoms with Crippen LogP contribution in [0, 0.1) is 0 Å². The Morgan fingerprint density at radius 1 is 1.19 bits per heavy atom. The number of benzene rings is 1. The van der Waals surface area contributed by atoms with Crippen LogP contribution in [0.2, 0.25) is 0 Å². The van der Waals surface area contributed by atoms with Gasteiger partial charge in [0.15, 0.2) is 0 Å². The van der Waals surface area contributed by atoms with E-state index in [0.717, 1.165) is 5.52 Å². The van der Waals surface area contributed by atoms with Crippen molar-refractivity contribution in [1.29, 1.82) is 0 Å². The number of nitrogens with zero attached hydrogens (tertiary/aromatic N) is 1. The Kier molecular flexibility index (Phi) is 2.92. The van der Waals surface area contributed by atoms with Crippen LogP contribution >= 0.6 is 0 Å². The molecule has 0 saturated heterocycles. The van der Waals surface area contributed by atoms with Gasteiger partial charge in [0.05, 0.1) is 12.1 Å². The molecule has 1 heterocycles. The predicted octanol–water partition coefficient (Wildman–Crippen LogP) is 3.16. The molecule has 0 bridgehead atoms. The van der Waals surface area contributed by atoms with Crippen molar-refractivity contribution in [2.45, 2.75) is 19.3 Å². The maximum absolute atomic E-state index is 5.28. The van der Waals surface area contributed by atoms with Gasteiger partial charge < -0.3 is 4.74 Å². The van der Waals surface area contributed by atoms with Crippen molar-refractivity contribution in [2.75, 3.05) is 13.7 Å². The summed E-state index contributed by atoms with van der Waals surface area (Å²) in [5.74, 6) is 0. The topological polar surface area (TPSA) is 22.1 Å². The molecule has 2 aromatic rings. The molecule has 2 rings (SSSR count). The van der Waals surface area contributed by atoms with Gasteiger partial charge in [0.2, 0.25) is 0 Å². The van der Waals surface area contributed by atoms with Crippen LogP contribution in [0.5, 0.6) is 0 Å². The quantitative estimate of drug-likeness (QED) is 0.784. The van der Waals surface area contributed by atoms with Gasteiger partial charge in [-0.1, -0.05) is 38.1 Å². The highest BCUT2D eigenvalue weighted by Gasteiger charge is 2.23. The molecule has 2 heteroatoms. The highest BCUT2D eigenvalue weighted by Crippen LogP contribution is 2.29. The standard InChI is InChI=1S/C14H17NO/c1-14(2,10-16-3)12-8-4-6-11-7-5-9-15-13(11)12/h4-9H,10H2,1-3H3. The number of rotatable bonds is 3. The van der Waals surface area contributed by atoms with Crippen LogP contribution in [-0.2, 0) is 10.2 Å². The lowest BCUT2D eigenvalue weighted by Crippen LogP contribution is -2.24. The minimum atomic E-state index is -0.0113. The second-order valence-electron chi connectivity index (χ2n) is 4.70. The van der Waals surface area contributed by atoms with Crippen molar-refractivity contribution in [3.05, 3.63) is 42.1 Å². The summed E-state index contributed by atoms with van der Waals surface area (Å²) < 4.78 is 5.28. The predicted molar refractivity (Wildman–Crippen MR) is 66.6 cm³/mol. The minimum Gasteiger partial charge on any atom is -0.384 e. The lowest BCUT2D eigenvalue weighted by atomic mass is 9.84. The van der Waals surface area contributed by atoms with E-state index in [2.05, 4.69) is 43.1 Å². The van der Waals surface area contributed by atoms with Gasteiger partial charge in [-0.2, -0.15) is 0 Å². The van der Waals surface area contributed by atoms with Crippen molar-refractivity contribution in [3.63, 3.8) is 0 Å². The average molecular weight is 215 g/mol. The van der Waals surface area contributed by atoms with E-state index in [0.29, 0.717) is 6.61 Å². The number of hydrogen-bond acceptors (Lipinski definition) is 2. The summed E-state index contributed by atoms with van der Waals surface area (Å²) in [5, 5.41) is 1.18. The molecule has 84 valence electrons. The zero-order valence-electron chi connectivity index (χ0n) is 10.0. The third-order valence-corrected chi connectivity index (χ3v) is 2.87. The first-order valence-electron chi connectivity index (χ1n) is 5.48. The Labute approximate surface area is 96.3 Å². The average Bonchev–Trinajstić information content (AvgIpc) is 2.28. The summed E-state index contributed by atoms with van der Waals surface area (Å²) in [5.41, 5.74) is 2.31. The highest BCUT2D eigenvalue weighted by atomic mass is 16.5. The zero-order chi connectivity index (χ0) is 11.6. The van der Waals surface area contributed by atoms with Crippen molar-refractivity contribution in [1.82, 2.24) is 4.98 Å². The van der Waals surface area contributed by atoms with Gasteiger partial charge in [-0.15, -0.1) is 0 Å². The third kappa shape index (κ3) is 1.93. The molecule has 0 saturated carbocycles. The summed E-state index contributed by atoms with van der Waals surface area (Å²) in [6.45, 7) is 5.06. The van der Waals surface area contributed by atoms with E-state index >= 15 is 0 Å². The Bertz CT molecular complexity index is 486. The summed E-state index contributed by atoms with van der Waals surface area (Å²) in [6, 6.07) is 10.4. The van der Waals surface area contributed by atoms with Gasteiger partial charge in [0.25, 0.3) is 0 Å². The Hall–Kier alpha value is -1.41. The fourth-order valence-corrected chi connectivity index (χ4v) is 2.09. The Morgan fingerprint density at radius 3 is 2.69 bits per heavy atom. The van der Waals surface area contributed by atoms with Gasteiger partial charge in [-0.05, 0) is 11.6 Å². The summed E-state index contributed by atoms with van der Waals surface area (Å²) in [6.07, 6.45) is 1.84. The van der Waals surface area contributed by atoms with Crippen LogP contribution in [0.4, 0.5) is 0 Å². The molecule has 0 N–H and O–H groups in total. The highest BCUT2D eigenvalue weighted by molar-refractivity contribution is 5.82. The summed E-state index contributed by atoms with van der Waals surface area (Å²) in [4.78, 5) is 4.47. The molecule has 16 heavy (non-hydrogen) atoms. The monoisotopic (exact) mass is 215 g/mol. The fourth-order valence-electron chi connectivity index (χ4n) is 2.09. The molecular weight excluding hydrogens is 198 g/mol. The first kappa shape index (κ1) is 11.1. The van der Waals surface area contributed by atoms with Gasteiger partial charge in [-0.3, -0.25) is 4.98 Å². The molecule has 0 fully saturated rings. The van der Waals surface area contributed by atoms with Crippen LogP contribution in [0.1, 0.15) is 19.4 Å². The molecule has 0 atom stereocenters. The van der Waals surface area contributed by atoms with E-state index in [4.69, 9.17) is 4.74 Å². The first-order valence-corrected chi connectivity index (χ1v) is 5.48. The van der Waals surface area contributed by atoms with Gasteiger partial charge in [-0.25, -0.2) is 0 Å². The van der Waals surface area contributed by atoms with Crippen molar-refractivity contribution >= 4 is 10.9 Å². The largest absolute Gasteiger partial charge is 0.384 e. The smallest absolute Gasteiger partial charge is 0.0740 e. The van der Waals surface area contributed by atoms with Crippen LogP contribution in [0.3, 0.4) is 0 Å². The lowest BCUT2D eigenvalue weighted by molar-refractivity contribution is 0.147. The number of methoxy groups -OCH3 is 1. The Morgan fingerprint density at radius 2 is 1.94 bits per heavy atom. The molecule has 0 unspecified atom stereocenters. The van der Waals surface area contributed by atoms with Crippen molar-refractivity contribution < 1.29 is 4.74 Å². The number of aromatic nitrogens is 1. The maximum atomic E-state index is 5.28. The van der Waals surface area contributed by atoms with Crippen LogP contribution in [0.15, 0.2) is 36.5 Å². The van der Waals surface area contributed by atoms with E-state index in [9.17, 15) is 0 Å². The molecule has 1 aromatic heterocycles. The van der Waals surface area contributed by atoms with Crippen LogP contribution in [-0.4, -0.2) is 18.7 Å². The minimum absolute atomic E-state index is 0.0113. The third-order valence-electron chi connectivity index (χ3n) is 2.87. The second-order valence-corrected chi connectivity index (χ2v) is 4.70. The van der Waals surface area contributed by atoms with E-state index in [1.54, 1.807) is 7.11 Å². The molecule has 0 radical (unpaired) electrons. The first-order chi connectivity index (χ1) is 7.65. The number of fused-ring (bicyclic) bond motifs is 1. The summed E-state index contributed by atoms with van der Waals surface area (Å²) >= 11 is 0. The molecular formula is C14H17NO. The van der Waals surface area contributed by atoms with E-state index < -0.39 is 0 Å². The normalized spacial score (nSPS) is 11.9. The fraction of sp³-hybridized carbons (Fsp3) is 0.357. The van der Waals surface area contributed by atoms with Crippen molar-refractivity contribution in [3.8, 4) is 0 Å². The SMILES string of the molecule is COCC(C)(C)c1cccc2cccnc12. The molecule has 0 aliphatic rings. The molecule has 0 aliphatic carbocycles. The van der Waals surface area contributed by atoms with E-state index in [1.807, 2.05) is 12.3 Å². The zero-order valence-corrected chi connectivity index (χ0v) is 10.0. The maximum Gasteiger partial charge on any atom is 0.0740 e. The van der Waals surface area contributed by atoms with Gasteiger partial charge >= 0.3 is 0 Å².